The Morgan fingerprint density at radius 2 is 1.83 bits per heavy atom. The number of nitrogens with zero attached hydrogens (tertiary/aromatic N) is 1. The Labute approximate surface area is 174 Å². The first-order valence-corrected chi connectivity index (χ1v) is 10.4. The molecule has 2 heterocycles. The molecule has 2 aromatic rings. The average Bonchev–Trinajstić information content (AvgIpc) is 3.36. The Morgan fingerprint density at radius 1 is 1.07 bits per heavy atom. The van der Waals surface area contributed by atoms with Crippen LogP contribution in [0.15, 0.2) is 48.5 Å². The van der Waals surface area contributed by atoms with E-state index in [1.165, 1.54) is 12.1 Å². The molecule has 0 aromatic heterocycles. The van der Waals surface area contributed by atoms with Crippen molar-refractivity contribution < 1.29 is 13.9 Å². The van der Waals surface area contributed by atoms with Crippen LogP contribution in [0.4, 0.5) is 4.39 Å². The second-order valence-corrected chi connectivity index (χ2v) is 8.53. The Bertz CT molecular complexity index is 827. The van der Waals surface area contributed by atoms with Gasteiger partial charge in [-0.1, -0.05) is 30.3 Å². The molecule has 2 fully saturated rings. The molecule has 156 valence electrons. The summed E-state index contributed by atoms with van der Waals surface area (Å²) in [5.74, 6) is 0.595. The summed E-state index contributed by atoms with van der Waals surface area (Å²) in [5.41, 5.74) is 15.0. The van der Waals surface area contributed by atoms with Crippen LogP contribution < -0.4 is 26.4 Å². The molecule has 2 aliphatic rings. The van der Waals surface area contributed by atoms with Gasteiger partial charge in [0.1, 0.15) is 35.7 Å². The topological polar surface area (TPSA) is 69.8 Å². The maximum atomic E-state index is 13.1. The fraction of sp³-hybridized carbons (Fsp3) is 0.400. The van der Waals surface area contributed by atoms with E-state index in [0.717, 1.165) is 16.9 Å². The maximum absolute atomic E-state index is 13.1. The van der Waals surface area contributed by atoms with E-state index in [-0.39, 0.29) is 35.2 Å². The number of hydrogen-bond acceptors (Lipinski definition) is 8. The van der Waals surface area contributed by atoms with Crippen molar-refractivity contribution in [2.45, 2.75) is 36.3 Å². The van der Waals surface area contributed by atoms with E-state index < -0.39 is 0 Å². The summed E-state index contributed by atoms with van der Waals surface area (Å²) in [6.45, 7) is 2.11. The molecule has 0 bridgehead atoms. The van der Waals surface area contributed by atoms with Gasteiger partial charge >= 0.3 is 0 Å². The molecule has 2 aromatic carbocycles. The van der Waals surface area contributed by atoms with E-state index in [9.17, 15) is 4.39 Å². The molecule has 0 saturated carbocycles. The summed E-state index contributed by atoms with van der Waals surface area (Å²) < 4.78 is 24.7. The molecule has 0 aliphatic carbocycles. The minimum Gasteiger partial charge on any atom is -0.496 e. The Balaban J connectivity index is 1.35. The van der Waals surface area contributed by atoms with Gasteiger partial charge in [-0.15, -0.1) is 11.8 Å². The van der Waals surface area contributed by atoms with E-state index in [4.69, 9.17) is 9.47 Å². The van der Waals surface area contributed by atoms with E-state index >= 15 is 0 Å². The molecule has 9 heteroatoms. The Morgan fingerprint density at radius 3 is 2.59 bits per heavy atom. The number of methoxy groups -OCH3 is 1. The number of hydrogen-bond donors (Lipinski definition) is 4. The van der Waals surface area contributed by atoms with Crippen LogP contribution in [-0.4, -0.2) is 36.0 Å². The Hall–Kier alpha value is -1.72. The second kappa shape index (κ2) is 8.97. The van der Waals surface area contributed by atoms with Crippen LogP contribution >= 0.6 is 11.8 Å². The van der Waals surface area contributed by atoms with Crippen molar-refractivity contribution in [3.63, 3.8) is 0 Å². The summed E-state index contributed by atoms with van der Waals surface area (Å²) >= 11 is 1.75. The molecule has 0 radical (unpaired) electrons. The van der Waals surface area contributed by atoms with Gasteiger partial charge in [-0.25, -0.2) is 26.1 Å². The van der Waals surface area contributed by atoms with Crippen molar-refractivity contribution in [1.82, 2.24) is 26.6 Å². The average molecular weight is 420 g/mol. The standard InChI is InChI=1S/C20H26FN5O2S/c1-12(18-23-24-19(28-18)13-8-10-14(21)11-9-13)29-20-25-22-17(26(20)2)15-6-4-5-7-16(15)27-3/h4-12,17-20,22-25H,1-3H3. The highest BCUT2D eigenvalue weighted by atomic mass is 32.2. The number of hydrazine groups is 2. The highest BCUT2D eigenvalue weighted by Crippen LogP contribution is 2.35. The van der Waals surface area contributed by atoms with E-state index in [1.807, 2.05) is 18.2 Å². The lowest BCUT2D eigenvalue weighted by Gasteiger charge is -2.27. The zero-order valence-corrected chi connectivity index (χ0v) is 17.4. The molecule has 4 N–H and O–H groups in total. The van der Waals surface area contributed by atoms with Crippen molar-refractivity contribution in [2.24, 2.45) is 0 Å². The van der Waals surface area contributed by atoms with Crippen molar-refractivity contribution >= 4 is 11.8 Å². The summed E-state index contributed by atoms with van der Waals surface area (Å²) in [6.07, 6.45) is -0.494. The summed E-state index contributed by atoms with van der Waals surface area (Å²) in [6, 6.07) is 14.3. The van der Waals surface area contributed by atoms with Gasteiger partial charge in [0.15, 0.2) is 0 Å². The molecule has 7 nitrogen and oxygen atoms in total. The van der Waals surface area contributed by atoms with Crippen molar-refractivity contribution in [3.05, 3.63) is 65.5 Å². The van der Waals surface area contributed by atoms with Crippen LogP contribution in [0.1, 0.15) is 30.4 Å². The maximum Gasteiger partial charge on any atom is 0.148 e. The smallest absolute Gasteiger partial charge is 0.148 e. The molecule has 4 rings (SSSR count). The van der Waals surface area contributed by atoms with Gasteiger partial charge in [0.2, 0.25) is 0 Å². The first-order chi connectivity index (χ1) is 14.1. The number of benzene rings is 2. The quantitative estimate of drug-likeness (QED) is 0.569. The molecule has 0 spiro atoms. The summed E-state index contributed by atoms with van der Waals surface area (Å²) in [4.78, 5) is 2.22. The van der Waals surface area contributed by atoms with E-state index in [0.29, 0.717) is 0 Å². The van der Waals surface area contributed by atoms with Crippen molar-refractivity contribution in [2.75, 3.05) is 14.2 Å². The van der Waals surface area contributed by atoms with Crippen LogP contribution in [0, 0.1) is 5.82 Å². The van der Waals surface area contributed by atoms with Gasteiger partial charge in [-0.05, 0) is 37.7 Å². The summed E-state index contributed by atoms with van der Waals surface area (Å²) in [5, 5.41) is 0.145. The van der Waals surface area contributed by atoms with Crippen molar-refractivity contribution in [3.8, 4) is 5.75 Å². The number of halogens is 1. The SMILES string of the molecule is COc1ccccc1C1NNC(SC(C)C2NNC(c3ccc(F)cc3)O2)N1C. The molecule has 0 amide bonds. The summed E-state index contributed by atoms with van der Waals surface area (Å²) in [7, 11) is 3.75. The van der Waals surface area contributed by atoms with Gasteiger partial charge < -0.3 is 9.47 Å². The minimum absolute atomic E-state index is 0.00149. The zero-order chi connectivity index (χ0) is 20.4. The molecular formula is C20H26FN5O2S. The molecule has 29 heavy (non-hydrogen) atoms. The van der Waals surface area contributed by atoms with Gasteiger partial charge in [-0.2, -0.15) is 0 Å². The minimum atomic E-state index is -0.308. The first kappa shape index (κ1) is 20.5. The van der Waals surface area contributed by atoms with Crippen LogP contribution in [0.5, 0.6) is 5.75 Å². The highest BCUT2D eigenvalue weighted by Gasteiger charge is 2.37. The third kappa shape index (κ3) is 4.41. The molecule has 5 unspecified atom stereocenters. The van der Waals surface area contributed by atoms with Gasteiger partial charge in [0.05, 0.1) is 7.11 Å². The third-order valence-corrected chi connectivity index (χ3v) is 6.52. The van der Waals surface area contributed by atoms with Crippen LogP contribution in [0.25, 0.3) is 0 Å². The van der Waals surface area contributed by atoms with E-state index in [2.05, 4.69) is 46.6 Å². The lowest BCUT2D eigenvalue weighted by atomic mass is 10.1. The van der Waals surface area contributed by atoms with E-state index in [1.54, 1.807) is 31.0 Å². The zero-order valence-electron chi connectivity index (χ0n) is 16.6. The molecular weight excluding hydrogens is 393 g/mol. The van der Waals surface area contributed by atoms with Crippen LogP contribution in [-0.2, 0) is 4.74 Å². The molecule has 2 aliphatic heterocycles. The molecule has 2 saturated heterocycles. The Kier molecular flexibility index (Phi) is 6.35. The van der Waals surface area contributed by atoms with Crippen LogP contribution in [0.3, 0.4) is 0 Å². The predicted molar refractivity (Wildman–Crippen MR) is 111 cm³/mol. The number of rotatable bonds is 6. The largest absolute Gasteiger partial charge is 0.496 e. The molecule has 5 atom stereocenters. The number of para-hydroxylation sites is 1. The van der Waals surface area contributed by atoms with Gasteiger partial charge in [0, 0.05) is 10.8 Å². The number of thioether (sulfide) groups is 1. The van der Waals surface area contributed by atoms with Gasteiger partial charge in [-0.3, -0.25) is 4.90 Å². The van der Waals surface area contributed by atoms with Gasteiger partial charge in [0.25, 0.3) is 0 Å². The predicted octanol–water partition coefficient (Wildman–Crippen LogP) is 2.43. The first-order valence-electron chi connectivity index (χ1n) is 9.50. The van der Waals surface area contributed by atoms with Crippen molar-refractivity contribution in [1.29, 1.82) is 0 Å². The second-order valence-electron chi connectivity index (χ2n) is 7.07. The van der Waals surface area contributed by atoms with Crippen LogP contribution in [0.2, 0.25) is 0 Å². The fourth-order valence-electron chi connectivity index (χ4n) is 3.48. The third-order valence-electron chi connectivity index (χ3n) is 5.14. The fourth-order valence-corrected chi connectivity index (χ4v) is 4.61. The lowest BCUT2D eigenvalue weighted by Crippen LogP contribution is -2.41. The number of ether oxygens (including phenoxy) is 2. The highest BCUT2D eigenvalue weighted by molar-refractivity contribution is 8.00. The normalized spacial score (nSPS) is 28.6. The monoisotopic (exact) mass is 419 g/mol. The number of nitrogens with one attached hydrogen (secondary N) is 4. The lowest BCUT2D eigenvalue weighted by molar-refractivity contribution is 0.0359.